The summed E-state index contributed by atoms with van der Waals surface area (Å²) in [6, 6.07) is 0. The number of hydrogen-bond acceptors (Lipinski definition) is 2. The highest BCUT2D eigenvalue weighted by molar-refractivity contribution is 6.28. The van der Waals surface area contributed by atoms with Crippen molar-refractivity contribution in [3.8, 4) is 0 Å². The maximum Gasteiger partial charge on any atom is 0.224 e. The van der Waals surface area contributed by atoms with Crippen LogP contribution in [0, 0.1) is 5.41 Å². The predicted molar refractivity (Wildman–Crippen MR) is 51.6 cm³/mol. The maximum atomic E-state index is 5.86. The van der Waals surface area contributed by atoms with E-state index in [9.17, 15) is 0 Å². The van der Waals surface area contributed by atoms with E-state index in [1.54, 1.807) is 6.33 Å². The fraction of sp³-hybridized carbons (Fsp3) is 0.778. The van der Waals surface area contributed by atoms with Crippen LogP contribution in [0.1, 0.15) is 32.6 Å². The van der Waals surface area contributed by atoms with Crippen molar-refractivity contribution in [2.75, 3.05) is 0 Å². The number of nitrogens with zero attached hydrogens (tertiary/aromatic N) is 3. The summed E-state index contributed by atoms with van der Waals surface area (Å²) in [5.41, 5.74) is 0.515. The van der Waals surface area contributed by atoms with Gasteiger partial charge in [0.1, 0.15) is 6.33 Å². The minimum Gasteiger partial charge on any atom is -0.304 e. The molecule has 0 aliphatic heterocycles. The van der Waals surface area contributed by atoms with E-state index in [0.717, 1.165) is 6.54 Å². The van der Waals surface area contributed by atoms with Crippen LogP contribution in [0.2, 0.25) is 5.28 Å². The van der Waals surface area contributed by atoms with Crippen LogP contribution in [0.5, 0.6) is 0 Å². The molecule has 0 bridgehead atoms. The standard InChI is InChI=1S/C9H14ClN3/c1-2-3-9(4-5-9)6-13-7-11-12-8(13)10/h7H,2-6H2,1H3. The van der Waals surface area contributed by atoms with Gasteiger partial charge in [0.2, 0.25) is 5.28 Å². The molecule has 13 heavy (non-hydrogen) atoms. The fourth-order valence-corrected chi connectivity index (χ4v) is 2.05. The molecule has 1 fully saturated rings. The van der Waals surface area contributed by atoms with E-state index in [1.807, 2.05) is 4.57 Å². The molecule has 1 heterocycles. The fourth-order valence-electron chi connectivity index (χ4n) is 1.90. The van der Waals surface area contributed by atoms with Crippen LogP contribution in [-0.4, -0.2) is 14.8 Å². The van der Waals surface area contributed by atoms with E-state index >= 15 is 0 Å². The van der Waals surface area contributed by atoms with Crippen molar-refractivity contribution < 1.29 is 0 Å². The highest BCUT2D eigenvalue weighted by Gasteiger charge is 2.41. The summed E-state index contributed by atoms with van der Waals surface area (Å²) in [7, 11) is 0. The molecule has 1 saturated carbocycles. The van der Waals surface area contributed by atoms with Crippen LogP contribution in [0.3, 0.4) is 0 Å². The third-order valence-corrected chi connectivity index (χ3v) is 3.10. The van der Waals surface area contributed by atoms with Gasteiger partial charge in [-0.3, -0.25) is 0 Å². The largest absolute Gasteiger partial charge is 0.304 e. The molecular weight excluding hydrogens is 186 g/mol. The van der Waals surface area contributed by atoms with Crippen LogP contribution >= 0.6 is 11.6 Å². The molecule has 0 radical (unpaired) electrons. The Kier molecular flexibility index (Phi) is 2.28. The lowest BCUT2D eigenvalue weighted by Gasteiger charge is -2.14. The lowest BCUT2D eigenvalue weighted by molar-refractivity contribution is 0.388. The zero-order valence-corrected chi connectivity index (χ0v) is 8.59. The predicted octanol–water partition coefficient (Wildman–Crippen LogP) is 2.51. The summed E-state index contributed by atoms with van der Waals surface area (Å²) in [4.78, 5) is 0. The molecule has 0 atom stereocenters. The van der Waals surface area contributed by atoms with Gasteiger partial charge in [0.15, 0.2) is 0 Å². The molecule has 4 heteroatoms. The van der Waals surface area contributed by atoms with Crippen LogP contribution in [-0.2, 0) is 6.54 Å². The van der Waals surface area contributed by atoms with Gasteiger partial charge < -0.3 is 4.57 Å². The van der Waals surface area contributed by atoms with Crippen molar-refractivity contribution in [1.29, 1.82) is 0 Å². The van der Waals surface area contributed by atoms with Crippen LogP contribution < -0.4 is 0 Å². The number of hydrogen-bond donors (Lipinski definition) is 0. The smallest absolute Gasteiger partial charge is 0.224 e. The molecule has 0 saturated heterocycles. The Bertz CT molecular complexity index is 291. The first-order valence-electron chi connectivity index (χ1n) is 4.79. The SMILES string of the molecule is CCCC1(Cn2cnnc2Cl)CC1. The first-order valence-corrected chi connectivity index (χ1v) is 5.17. The summed E-state index contributed by atoms with van der Waals surface area (Å²) >= 11 is 5.86. The normalized spacial score (nSPS) is 18.9. The quantitative estimate of drug-likeness (QED) is 0.746. The zero-order valence-electron chi connectivity index (χ0n) is 7.83. The molecule has 1 aromatic heterocycles. The topological polar surface area (TPSA) is 30.7 Å². The van der Waals surface area contributed by atoms with Gasteiger partial charge in [-0.15, -0.1) is 10.2 Å². The van der Waals surface area contributed by atoms with E-state index in [0.29, 0.717) is 10.7 Å². The Hall–Kier alpha value is -0.570. The molecule has 0 aromatic carbocycles. The Morgan fingerprint density at radius 1 is 1.62 bits per heavy atom. The molecule has 72 valence electrons. The van der Waals surface area contributed by atoms with Crippen molar-refractivity contribution >= 4 is 11.6 Å². The number of aromatic nitrogens is 3. The second kappa shape index (κ2) is 3.29. The van der Waals surface area contributed by atoms with Crippen molar-refractivity contribution in [3.05, 3.63) is 11.6 Å². The van der Waals surface area contributed by atoms with Crippen molar-refractivity contribution in [2.24, 2.45) is 5.41 Å². The van der Waals surface area contributed by atoms with Gasteiger partial charge in [-0.1, -0.05) is 13.3 Å². The van der Waals surface area contributed by atoms with E-state index in [1.165, 1.54) is 25.7 Å². The molecule has 1 aliphatic rings. The van der Waals surface area contributed by atoms with Gasteiger partial charge in [0, 0.05) is 6.54 Å². The van der Waals surface area contributed by atoms with Crippen molar-refractivity contribution in [2.45, 2.75) is 39.2 Å². The van der Waals surface area contributed by atoms with Crippen molar-refractivity contribution in [3.63, 3.8) is 0 Å². The summed E-state index contributed by atoms with van der Waals surface area (Å²) in [6.45, 7) is 3.22. The van der Waals surface area contributed by atoms with Gasteiger partial charge in [0.25, 0.3) is 0 Å². The Labute approximate surface area is 83.1 Å². The molecule has 2 rings (SSSR count). The van der Waals surface area contributed by atoms with Gasteiger partial charge in [-0.2, -0.15) is 0 Å². The number of rotatable bonds is 4. The molecule has 0 unspecified atom stereocenters. The molecule has 1 aliphatic carbocycles. The Balaban J connectivity index is 2.02. The second-order valence-corrected chi connectivity index (χ2v) is 4.32. The molecule has 0 N–H and O–H groups in total. The average molecular weight is 200 g/mol. The van der Waals surface area contributed by atoms with E-state index in [4.69, 9.17) is 11.6 Å². The Morgan fingerprint density at radius 3 is 2.85 bits per heavy atom. The summed E-state index contributed by atoms with van der Waals surface area (Å²) in [6.07, 6.45) is 6.92. The van der Waals surface area contributed by atoms with E-state index in [-0.39, 0.29) is 0 Å². The summed E-state index contributed by atoms with van der Waals surface area (Å²) in [5, 5.41) is 8.06. The molecule has 1 aromatic rings. The van der Waals surface area contributed by atoms with Gasteiger partial charge in [-0.05, 0) is 36.3 Å². The lowest BCUT2D eigenvalue weighted by Crippen LogP contribution is -2.10. The van der Waals surface area contributed by atoms with Gasteiger partial charge in [0.05, 0.1) is 0 Å². The van der Waals surface area contributed by atoms with E-state index in [2.05, 4.69) is 17.1 Å². The average Bonchev–Trinajstić information content (AvgIpc) is 2.73. The summed E-state index contributed by atoms with van der Waals surface area (Å²) in [5.74, 6) is 0. The zero-order chi connectivity index (χ0) is 9.31. The molecule has 0 amide bonds. The third kappa shape index (κ3) is 1.85. The monoisotopic (exact) mass is 199 g/mol. The van der Waals surface area contributed by atoms with Crippen LogP contribution in [0.15, 0.2) is 6.33 Å². The molecule has 0 spiro atoms. The van der Waals surface area contributed by atoms with Crippen molar-refractivity contribution in [1.82, 2.24) is 14.8 Å². The van der Waals surface area contributed by atoms with Gasteiger partial charge >= 0.3 is 0 Å². The Morgan fingerprint density at radius 2 is 2.38 bits per heavy atom. The first kappa shape index (κ1) is 9.00. The first-order chi connectivity index (χ1) is 6.26. The maximum absolute atomic E-state index is 5.86. The lowest BCUT2D eigenvalue weighted by atomic mass is 10.0. The number of halogens is 1. The minimum absolute atomic E-state index is 0.515. The third-order valence-electron chi connectivity index (χ3n) is 2.81. The van der Waals surface area contributed by atoms with Crippen LogP contribution in [0.4, 0.5) is 0 Å². The highest BCUT2D eigenvalue weighted by atomic mass is 35.5. The minimum atomic E-state index is 0.515. The van der Waals surface area contributed by atoms with E-state index < -0.39 is 0 Å². The van der Waals surface area contributed by atoms with Crippen LogP contribution in [0.25, 0.3) is 0 Å². The second-order valence-electron chi connectivity index (χ2n) is 3.98. The highest BCUT2D eigenvalue weighted by Crippen LogP contribution is 2.51. The molecular formula is C9H14ClN3. The molecule has 3 nitrogen and oxygen atoms in total. The summed E-state index contributed by atoms with van der Waals surface area (Å²) < 4.78 is 1.95. The van der Waals surface area contributed by atoms with Gasteiger partial charge in [-0.25, -0.2) is 0 Å².